The molecular weight excluding hydrogens is 286 g/mol. The van der Waals surface area contributed by atoms with E-state index in [0.29, 0.717) is 23.9 Å². The lowest BCUT2D eigenvalue weighted by atomic mass is 10.1. The number of nitrogens with one attached hydrogen (secondary N) is 1. The van der Waals surface area contributed by atoms with E-state index in [4.69, 9.17) is 9.88 Å². The molecule has 116 valence electrons. The van der Waals surface area contributed by atoms with Crippen molar-refractivity contribution in [3.05, 3.63) is 23.8 Å². The normalized spacial score (nSPS) is 18.7. The van der Waals surface area contributed by atoms with Crippen LogP contribution in [0, 0.1) is 0 Å². The van der Waals surface area contributed by atoms with Crippen LogP contribution in [0.4, 0.5) is 0 Å². The molecule has 5 nitrogen and oxygen atoms in total. The largest absolute Gasteiger partial charge is 0.496 e. The molecule has 0 spiro atoms. The number of hydrogen-bond donors (Lipinski definition) is 2. The zero-order chi connectivity index (χ0) is 15.2. The highest BCUT2D eigenvalue weighted by molar-refractivity contribution is 7.97. The lowest BCUT2D eigenvalue weighted by molar-refractivity contribution is 0.0938. The van der Waals surface area contributed by atoms with E-state index < -0.39 is 0 Å². The molecule has 1 aromatic carbocycles. The quantitative estimate of drug-likeness (QED) is 0.785. The second kappa shape index (κ2) is 7.68. The number of carbonyl (C=O) groups is 1. The van der Waals surface area contributed by atoms with Gasteiger partial charge in [0.1, 0.15) is 5.75 Å². The van der Waals surface area contributed by atoms with Crippen LogP contribution in [-0.2, 0) is 0 Å². The molecule has 0 radical (unpaired) electrons. The molecular formula is C15H23N3O2S. The van der Waals surface area contributed by atoms with Crippen molar-refractivity contribution in [3.8, 4) is 5.75 Å². The third-order valence-electron chi connectivity index (χ3n) is 3.96. The molecule has 0 aromatic heterocycles. The predicted octanol–water partition coefficient (Wildman–Crippen LogP) is 1.88. The summed E-state index contributed by atoms with van der Waals surface area (Å²) >= 11 is 1.12. The summed E-state index contributed by atoms with van der Waals surface area (Å²) in [5.41, 5.74) is 0.536. The van der Waals surface area contributed by atoms with E-state index in [-0.39, 0.29) is 5.91 Å². The summed E-state index contributed by atoms with van der Waals surface area (Å²) in [5.74, 6) is 0.467. The van der Waals surface area contributed by atoms with Gasteiger partial charge >= 0.3 is 0 Å². The van der Waals surface area contributed by atoms with E-state index in [0.717, 1.165) is 36.4 Å². The number of rotatable bonds is 6. The zero-order valence-electron chi connectivity index (χ0n) is 12.6. The summed E-state index contributed by atoms with van der Waals surface area (Å²) in [7, 11) is 1.57. The molecule has 0 bridgehead atoms. The summed E-state index contributed by atoms with van der Waals surface area (Å²) in [5, 5.41) is 8.58. The van der Waals surface area contributed by atoms with Gasteiger partial charge in [-0.05, 0) is 56.1 Å². The highest BCUT2D eigenvalue weighted by Gasteiger charge is 2.23. The molecule has 1 amide bonds. The van der Waals surface area contributed by atoms with Crippen LogP contribution in [0.25, 0.3) is 0 Å². The lowest BCUT2D eigenvalue weighted by Gasteiger charge is -2.23. The van der Waals surface area contributed by atoms with Crippen LogP contribution >= 0.6 is 11.9 Å². The smallest absolute Gasteiger partial charge is 0.255 e. The standard InChI is InChI=1S/C15H23N3O2S/c1-3-18-8-4-5-11(18)10-17-15(19)13-9-12(21-16)6-7-14(13)20-2/h6-7,9,11H,3-5,8,10,16H2,1-2H3,(H,17,19). The fraction of sp³-hybridized carbons (Fsp3) is 0.533. The molecule has 1 aliphatic heterocycles. The van der Waals surface area contributed by atoms with Gasteiger partial charge in [-0.3, -0.25) is 14.8 Å². The second-order valence-corrected chi connectivity index (χ2v) is 5.82. The van der Waals surface area contributed by atoms with E-state index in [9.17, 15) is 4.79 Å². The van der Waals surface area contributed by atoms with Gasteiger partial charge in [0.15, 0.2) is 0 Å². The molecule has 0 aliphatic carbocycles. The Morgan fingerprint density at radius 3 is 3.05 bits per heavy atom. The van der Waals surface area contributed by atoms with Gasteiger partial charge in [-0.25, -0.2) is 0 Å². The van der Waals surface area contributed by atoms with Crippen molar-refractivity contribution >= 4 is 17.9 Å². The molecule has 0 saturated carbocycles. The maximum Gasteiger partial charge on any atom is 0.255 e. The van der Waals surface area contributed by atoms with Crippen LogP contribution in [0.1, 0.15) is 30.1 Å². The fourth-order valence-corrected chi connectivity index (χ4v) is 3.12. The summed E-state index contributed by atoms with van der Waals surface area (Å²) in [4.78, 5) is 15.6. The van der Waals surface area contributed by atoms with Crippen molar-refractivity contribution in [3.63, 3.8) is 0 Å². The number of hydrogen-bond acceptors (Lipinski definition) is 5. The van der Waals surface area contributed by atoms with E-state index in [1.807, 2.05) is 6.07 Å². The Morgan fingerprint density at radius 2 is 2.38 bits per heavy atom. The number of methoxy groups -OCH3 is 1. The van der Waals surface area contributed by atoms with Gasteiger partial charge in [0.25, 0.3) is 5.91 Å². The molecule has 21 heavy (non-hydrogen) atoms. The minimum atomic E-state index is -0.106. The predicted molar refractivity (Wildman–Crippen MR) is 85.6 cm³/mol. The lowest BCUT2D eigenvalue weighted by Crippen LogP contribution is -2.40. The molecule has 1 aromatic rings. The van der Waals surface area contributed by atoms with Crippen LogP contribution in [0.5, 0.6) is 5.75 Å². The summed E-state index contributed by atoms with van der Waals surface area (Å²) < 4.78 is 5.26. The molecule has 1 saturated heterocycles. The van der Waals surface area contributed by atoms with E-state index in [1.165, 1.54) is 6.42 Å². The number of benzene rings is 1. The number of ether oxygens (including phenoxy) is 1. The maximum absolute atomic E-state index is 12.4. The number of nitrogens with zero attached hydrogens (tertiary/aromatic N) is 1. The van der Waals surface area contributed by atoms with Crippen molar-refractivity contribution in [2.24, 2.45) is 5.14 Å². The Bertz CT molecular complexity index is 496. The van der Waals surface area contributed by atoms with Crippen LogP contribution in [-0.4, -0.2) is 43.6 Å². The molecule has 6 heteroatoms. The highest BCUT2D eigenvalue weighted by Crippen LogP contribution is 2.24. The van der Waals surface area contributed by atoms with Crippen molar-refractivity contribution < 1.29 is 9.53 Å². The molecule has 1 unspecified atom stereocenters. The minimum Gasteiger partial charge on any atom is -0.496 e. The minimum absolute atomic E-state index is 0.106. The Hall–Kier alpha value is -1.24. The van der Waals surface area contributed by atoms with Gasteiger partial charge < -0.3 is 10.1 Å². The first-order valence-corrected chi connectivity index (χ1v) is 8.14. The third kappa shape index (κ3) is 3.90. The van der Waals surface area contributed by atoms with Crippen molar-refractivity contribution in [1.82, 2.24) is 10.2 Å². The number of likely N-dealkylation sites (N-methyl/N-ethyl adjacent to an activating group) is 1. The van der Waals surface area contributed by atoms with Gasteiger partial charge in [-0.15, -0.1) is 0 Å². The highest BCUT2D eigenvalue weighted by atomic mass is 32.2. The number of carbonyl (C=O) groups excluding carboxylic acids is 1. The van der Waals surface area contributed by atoms with Crippen molar-refractivity contribution in [1.29, 1.82) is 0 Å². The van der Waals surface area contributed by atoms with Crippen LogP contribution in [0.15, 0.2) is 23.1 Å². The summed E-state index contributed by atoms with van der Waals surface area (Å²) in [6.45, 7) is 4.99. The fourth-order valence-electron chi connectivity index (χ4n) is 2.79. The topological polar surface area (TPSA) is 67.6 Å². The maximum atomic E-state index is 12.4. The number of nitrogens with two attached hydrogens (primary N) is 1. The number of likely N-dealkylation sites (tertiary alicyclic amines) is 1. The first kappa shape index (κ1) is 16.1. The van der Waals surface area contributed by atoms with E-state index >= 15 is 0 Å². The van der Waals surface area contributed by atoms with E-state index in [2.05, 4.69) is 17.1 Å². The Balaban J connectivity index is 2.02. The third-order valence-corrected chi connectivity index (χ3v) is 4.48. The van der Waals surface area contributed by atoms with Crippen molar-refractivity contribution in [2.75, 3.05) is 26.7 Å². The molecule has 2 rings (SSSR count). The van der Waals surface area contributed by atoms with E-state index in [1.54, 1.807) is 19.2 Å². The molecule has 1 fully saturated rings. The van der Waals surface area contributed by atoms with Gasteiger partial charge in [-0.1, -0.05) is 6.92 Å². The summed E-state index contributed by atoms with van der Waals surface area (Å²) in [6.07, 6.45) is 2.35. The summed E-state index contributed by atoms with van der Waals surface area (Å²) in [6, 6.07) is 5.83. The zero-order valence-corrected chi connectivity index (χ0v) is 13.4. The first-order valence-electron chi connectivity index (χ1n) is 7.26. The Morgan fingerprint density at radius 1 is 1.57 bits per heavy atom. The molecule has 1 atom stereocenters. The SMILES string of the molecule is CCN1CCCC1CNC(=O)c1cc(SN)ccc1OC. The molecule has 1 heterocycles. The Kier molecular flexibility index (Phi) is 5.90. The van der Waals surface area contributed by atoms with Gasteiger partial charge in [0.2, 0.25) is 0 Å². The van der Waals surface area contributed by atoms with Crippen LogP contribution in [0.2, 0.25) is 0 Å². The van der Waals surface area contributed by atoms with Gasteiger partial charge in [-0.2, -0.15) is 0 Å². The monoisotopic (exact) mass is 309 g/mol. The number of amides is 1. The Labute approximate surface area is 130 Å². The van der Waals surface area contributed by atoms with Crippen LogP contribution < -0.4 is 15.2 Å². The van der Waals surface area contributed by atoms with Gasteiger partial charge in [0, 0.05) is 17.5 Å². The van der Waals surface area contributed by atoms with Crippen LogP contribution in [0.3, 0.4) is 0 Å². The molecule has 3 N–H and O–H groups in total. The second-order valence-electron chi connectivity index (χ2n) is 5.11. The van der Waals surface area contributed by atoms with Gasteiger partial charge in [0.05, 0.1) is 12.7 Å². The average Bonchev–Trinajstić information content (AvgIpc) is 2.99. The van der Waals surface area contributed by atoms with Crippen molar-refractivity contribution in [2.45, 2.75) is 30.7 Å². The molecule has 1 aliphatic rings. The average molecular weight is 309 g/mol. The first-order chi connectivity index (χ1) is 10.2.